The van der Waals surface area contributed by atoms with Gasteiger partial charge in [0.1, 0.15) is 11.9 Å². The van der Waals surface area contributed by atoms with Crippen LogP contribution in [0, 0.1) is 0 Å². The van der Waals surface area contributed by atoms with Crippen molar-refractivity contribution < 1.29 is 4.79 Å². The van der Waals surface area contributed by atoms with Gasteiger partial charge in [0.05, 0.1) is 4.47 Å². The van der Waals surface area contributed by atoms with E-state index in [1.54, 1.807) is 13.2 Å². The van der Waals surface area contributed by atoms with E-state index in [2.05, 4.69) is 36.5 Å². The van der Waals surface area contributed by atoms with Crippen molar-refractivity contribution in [2.45, 2.75) is 13.0 Å². The number of rotatable bonds is 2. The first kappa shape index (κ1) is 12.1. The molecule has 6 nitrogen and oxygen atoms in total. The molecule has 2 N–H and O–H groups in total. The zero-order valence-electron chi connectivity index (χ0n) is 9.70. The predicted molar refractivity (Wildman–Crippen MR) is 69.1 cm³/mol. The molecule has 1 aliphatic heterocycles. The Morgan fingerprint density at radius 1 is 1.65 bits per heavy atom. The smallest absolute Gasteiger partial charge is 0.242 e. The van der Waals surface area contributed by atoms with Crippen molar-refractivity contribution in [3.05, 3.63) is 10.7 Å². The average Bonchev–Trinajstić information content (AvgIpc) is 2.34. The van der Waals surface area contributed by atoms with Gasteiger partial charge in [-0.05, 0) is 22.9 Å². The number of carbonyl (C=O) groups excluding carboxylic acids is 1. The summed E-state index contributed by atoms with van der Waals surface area (Å²) in [5.41, 5.74) is 0. The Kier molecular flexibility index (Phi) is 3.46. The maximum atomic E-state index is 11.6. The Morgan fingerprint density at radius 2 is 2.41 bits per heavy atom. The van der Waals surface area contributed by atoms with Crippen LogP contribution >= 0.6 is 15.9 Å². The molecular weight excluding hydrogens is 286 g/mol. The quantitative estimate of drug-likeness (QED) is 0.837. The van der Waals surface area contributed by atoms with E-state index in [1.165, 1.54) is 0 Å². The molecule has 1 aromatic heterocycles. The summed E-state index contributed by atoms with van der Waals surface area (Å²) in [5.74, 6) is 1.31. The topological polar surface area (TPSA) is 70.2 Å². The standard InChI is InChI=1S/C10H14BrN5O/c1-6-9(17)13-3-4-16(6)8-7(11)5-14-10(12-2)15-8/h5-6H,3-4H2,1-2H3,(H,13,17)(H,12,14,15). The number of hydrogen-bond donors (Lipinski definition) is 2. The lowest BCUT2D eigenvalue weighted by molar-refractivity contribution is -0.122. The van der Waals surface area contributed by atoms with Crippen LogP contribution in [0.15, 0.2) is 10.7 Å². The number of nitrogens with one attached hydrogen (secondary N) is 2. The number of halogens is 1. The Morgan fingerprint density at radius 3 is 3.12 bits per heavy atom. The van der Waals surface area contributed by atoms with Crippen molar-refractivity contribution in [1.82, 2.24) is 15.3 Å². The van der Waals surface area contributed by atoms with Crippen LogP contribution in [0.4, 0.5) is 11.8 Å². The van der Waals surface area contributed by atoms with Gasteiger partial charge in [-0.3, -0.25) is 4.79 Å². The van der Waals surface area contributed by atoms with Crippen molar-refractivity contribution in [1.29, 1.82) is 0 Å². The number of anilines is 2. The fraction of sp³-hybridized carbons (Fsp3) is 0.500. The second kappa shape index (κ2) is 4.87. The second-order valence-electron chi connectivity index (χ2n) is 3.78. The van der Waals surface area contributed by atoms with Crippen LogP contribution in [-0.4, -0.2) is 42.1 Å². The minimum atomic E-state index is -0.223. The predicted octanol–water partition coefficient (Wildman–Crippen LogP) is 0.605. The van der Waals surface area contributed by atoms with Crippen molar-refractivity contribution in [3.8, 4) is 0 Å². The number of piperazine rings is 1. The van der Waals surface area contributed by atoms with Crippen LogP contribution in [0.2, 0.25) is 0 Å². The molecule has 1 fully saturated rings. The van der Waals surface area contributed by atoms with Gasteiger partial charge < -0.3 is 15.5 Å². The molecule has 0 aromatic carbocycles. The fourth-order valence-electron chi connectivity index (χ4n) is 1.75. The lowest BCUT2D eigenvalue weighted by Gasteiger charge is -2.34. The number of hydrogen-bond acceptors (Lipinski definition) is 5. The first-order chi connectivity index (χ1) is 8.13. The van der Waals surface area contributed by atoms with Gasteiger partial charge >= 0.3 is 0 Å². The third-order valence-corrected chi connectivity index (χ3v) is 3.28. The minimum Gasteiger partial charge on any atom is -0.357 e. The number of carbonyl (C=O) groups is 1. The van der Waals surface area contributed by atoms with E-state index in [-0.39, 0.29) is 11.9 Å². The van der Waals surface area contributed by atoms with Gasteiger partial charge in [0, 0.05) is 26.3 Å². The third kappa shape index (κ3) is 2.33. The summed E-state index contributed by atoms with van der Waals surface area (Å²) >= 11 is 3.42. The number of amides is 1. The lowest BCUT2D eigenvalue weighted by Crippen LogP contribution is -2.54. The van der Waals surface area contributed by atoms with E-state index >= 15 is 0 Å². The molecular formula is C10H14BrN5O. The van der Waals surface area contributed by atoms with E-state index in [0.29, 0.717) is 12.5 Å². The fourth-order valence-corrected chi connectivity index (χ4v) is 2.17. The minimum absolute atomic E-state index is 0.0211. The molecule has 0 spiro atoms. The normalized spacial score (nSPS) is 20.1. The van der Waals surface area contributed by atoms with Crippen LogP contribution in [0.5, 0.6) is 0 Å². The van der Waals surface area contributed by atoms with E-state index in [4.69, 9.17) is 0 Å². The Hall–Kier alpha value is -1.37. The number of nitrogens with zero attached hydrogens (tertiary/aromatic N) is 3. The molecule has 0 radical (unpaired) electrons. The van der Waals surface area contributed by atoms with E-state index in [9.17, 15) is 4.79 Å². The highest BCUT2D eigenvalue weighted by Crippen LogP contribution is 2.26. The molecule has 2 rings (SSSR count). The summed E-state index contributed by atoms with van der Waals surface area (Å²) in [6, 6.07) is -0.223. The maximum absolute atomic E-state index is 11.6. The summed E-state index contributed by atoms with van der Waals surface area (Å²) in [6.07, 6.45) is 1.69. The molecule has 2 heterocycles. The highest BCUT2D eigenvalue weighted by molar-refractivity contribution is 9.10. The van der Waals surface area contributed by atoms with Crippen LogP contribution < -0.4 is 15.5 Å². The monoisotopic (exact) mass is 299 g/mol. The molecule has 0 bridgehead atoms. The van der Waals surface area contributed by atoms with E-state index in [0.717, 1.165) is 16.8 Å². The Labute approximate surface area is 108 Å². The van der Waals surface area contributed by atoms with Crippen LogP contribution in [0.1, 0.15) is 6.92 Å². The van der Waals surface area contributed by atoms with Gasteiger partial charge in [0.25, 0.3) is 0 Å². The van der Waals surface area contributed by atoms with Gasteiger partial charge in [-0.25, -0.2) is 4.98 Å². The van der Waals surface area contributed by atoms with Gasteiger partial charge in [0.15, 0.2) is 0 Å². The molecule has 0 aliphatic carbocycles. The maximum Gasteiger partial charge on any atom is 0.242 e. The van der Waals surface area contributed by atoms with Crippen LogP contribution in [0.3, 0.4) is 0 Å². The Balaban J connectivity index is 2.34. The third-order valence-electron chi connectivity index (χ3n) is 2.72. The van der Waals surface area contributed by atoms with Gasteiger partial charge in [-0.1, -0.05) is 0 Å². The largest absolute Gasteiger partial charge is 0.357 e. The summed E-state index contributed by atoms with van der Waals surface area (Å²) < 4.78 is 0.790. The van der Waals surface area contributed by atoms with Crippen LogP contribution in [-0.2, 0) is 4.79 Å². The van der Waals surface area contributed by atoms with Crippen molar-refractivity contribution in [3.63, 3.8) is 0 Å². The SMILES string of the molecule is CNc1ncc(Br)c(N2CCNC(=O)C2C)n1. The molecule has 1 unspecified atom stereocenters. The molecule has 1 amide bonds. The van der Waals surface area contributed by atoms with Crippen molar-refractivity contribution >= 4 is 33.6 Å². The first-order valence-electron chi connectivity index (χ1n) is 5.38. The molecule has 1 saturated heterocycles. The molecule has 92 valence electrons. The summed E-state index contributed by atoms with van der Waals surface area (Å²) in [5, 5.41) is 5.71. The van der Waals surface area contributed by atoms with E-state index in [1.807, 2.05) is 11.8 Å². The first-order valence-corrected chi connectivity index (χ1v) is 6.17. The zero-order valence-corrected chi connectivity index (χ0v) is 11.3. The van der Waals surface area contributed by atoms with Gasteiger partial charge in [-0.15, -0.1) is 0 Å². The van der Waals surface area contributed by atoms with E-state index < -0.39 is 0 Å². The summed E-state index contributed by atoms with van der Waals surface area (Å²) in [4.78, 5) is 22.1. The molecule has 1 atom stereocenters. The van der Waals surface area contributed by atoms with Gasteiger partial charge in [-0.2, -0.15) is 4.98 Å². The highest BCUT2D eigenvalue weighted by Gasteiger charge is 2.28. The summed E-state index contributed by atoms with van der Waals surface area (Å²) in [7, 11) is 1.76. The molecule has 17 heavy (non-hydrogen) atoms. The van der Waals surface area contributed by atoms with Crippen molar-refractivity contribution in [2.24, 2.45) is 0 Å². The van der Waals surface area contributed by atoms with Gasteiger partial charge in [0.2, 0.25) is 11.9 Å². The highest BCUT2D eigenvalue weighted by atomic mass is 79.9. The molecule has 1 aromatic rings. The molecule has 7 heteroatoms. The second-order valence-corrected chi connectivity index (χ2v) is 4.63. The summed E-state index contributed by atoms with van der Waals surface area (Å²) in [6.45, 7) is 3.24. The zero-order chi connectivity index (χ0) is 12.4. The Bertz CT molecular complexity index is 439. The molecule has 1 aliphatic rings. The van der Waals surface area contributed by atoms with Crippen molar-refractivity contribution in [2.75, 3.05) is 30.4 Å². The molecule has 0 saturated carbocycles. The lowest BCUT2D eigenvalue weighted by atomic mass is 10.2. The van der Waals surface area contributed by atoms with Crippen LogP contribution in [0.25, 0.3) is 0 Å². The number of aromatic nitrogens is 2. The average molecular weight is 300 g/mol.